The highest BCUT2D eigenvalue weighted by Gasteiger charge is 2.22. The third-order valence-corrected chi connectivity index (χ3v) is 3.81. The summed E-state index contributed by atoms with van der Waals surface area (Å²) >= 11 is 2.25. The van der Waals surface area contributed by atoms with E-state index >= 15 is 0 Å². The Morgan fingerprint density at radius 2 is 2.24 bits per heavy atom. The van der Waals surface area contributed by atoms with E-state index in [9.17, 15) is 4.79 Å². The van der Waals surface area contributed by atoms with Gasteiger partial charge in [0.1, 0.15) is 12.1 Å². The lowest BCUT2D eigenvalue weighted by Gasteiger charge is -2.32. The minimum Gasteiger partial charge on any atom is -0.370 e. The second-order valence-corrected chi connectivity index (χ2v) is 5.46. The molecular weight excluding hydrogens is 331 g/mol. The lowest BCUT2D eigenvalue weighted by atomic mass is 9.93. The first-order valence-corrected chi connectivity index (χ1v) is 6.73. The number of halogens is 1. The molecule has 0 aromatic carbocycles. The third kappa shape index (κ3) is 3.27. The van der Waals surface area contributed by atoms with E-state index in [0.29, 0.717) is 12.3 Å². The molecular formula is C11H15IN4O. The molecule has 1 aliphatic heterocycles. The number of rotatable bonds is 3. The summed E-state index contributed by atoms with van der Waals surface area (Å²) in [6.45, 7) is 1.87. The van der Waals surface area contributed by atoms with Crippen LogP contribution < -0.4 is 10.6 Å². The van der Waals surface area contributed by atoms with Gasteiger partial charge in [-0.15, -0.1) is 0 Å². The van der Waals surface area contributed by atoms with E-state index in [0.717, 1.165) is 35.3 Å². The summed E-state index contributed by atoms with van der Waals surface area (Å²) in [5, 5.41) is 0. The van der Waals surface area contributed by atoms with Crippen LogP contribution in [0, 0.1) is 9.49 Å². The van der Waals surface area contributed by atoms with E-state index < -0.39 is 0 Å². The number of hydrogen-bond donors (Lipinski definition) is 1. The molecule has 2 heterocycles. The highest BCUT2D eigenvalue weighted by Crippen LogP contribution is 2.26. The number of aromatic nitrogens is 2. The molecule has 0 spiro atoms. The van der Waals surface area contributed by atoms with Crippen molar-refractivity contribution in [2.75, 3.05) is 18.0 Å². The summed E-state index contributed by atoms with van der Waals surface area (Å²) in [5.41, 5.74) is 5.22. The predicted octanol–water partition coefficient (Wildman–Crippen LogP) is 1.17. The quantitative estimate of drug-likeness (QED) is 0.834. The van der Waals surface area contributed by atoms with Gasteiger partial charge < -0.3 is 10.6 Å². The fraction of sp³-hybridized carbons (Fsp3) is 0.545. The number of hydrogen-bond acceptors (Lipinski definition) is 4. The molecule has 1 aromatic rings. The normalized spacial score (nSPS) is 17.1. The summed E-state index contributed by atoms with van der Waals surface area (Å²) in [4.78, 5) is 21.4. The van der Waals surface area contributed by atoms with Crippen molar-refractivity contribution < 1.29 is 4.79 Å². The molecule has 1 aliphatic rings. The number of anilines is 1. The average Bonchev–Trinajstić information content (AvgIpc) is 2.30. The molecule has 92 valence electrons. The van der Waals surface area contributed by atoms with E-state index in [1.54, 1.807) is 6.33 Å². The topological polar surface area (TPSA) is 72.1 Å². The summed E-state index contributed by atoms with van der Waals surface area (Å²) in [6.07, 6.45) is 5.91. The second-order valence-electron chi connectivity index (χ2n) is 4.30. The predicted molar refractivity (Wildman–Crippen MR) is 73.5 cm³/mol. The van der Waals surface area contributed by atoms with Crippen LogP contribution in [-0.4, -0.2) is 29.0 Å². The molecule has 2 rings (SSSR count). The minimum absolute atomic E-state index is 0.194. The fourth-order valence-corrected chi connectivity index (χ4v) is 2.81. The van der Waals surface area contributed by atoms with E-state index in [4.69, 9.17) is 5.73 Å². The number of primary amides is 1. The highest BCUT2D eigenvalue weighted by molar-refractivity contribution is 14.1. The molecule has 2 N–H and O–H groups in total. The molecule has 6 heteroatoms. The smallest absolute Gasteiger partial charge is 0.217 e. The Balaban J connectivity index is 1.95. The van der Waals surface area contributed by atoms with Gasteiger partial charge in [0.15, 0.2) is 0 Å². The number of nitrogens with two attached hydrogens (primary N) is 1. The minimum atomic E-state index is -0.194. The van der Waals surface area contributed by atoms with E-state index in [2.05, 4.69) is 37.5 Å². The van der Waals surface area contributed by atoms with Gasteiger partial charge in [0.25, 0.3) is 0 Å². The summed E-state index contributed by atoms with van der Waals surface area (Å²) in [6, 6.07) is 0. The highest BCUT2D eigenvalue weighted by atomic mass is 127. The number of carbonyl (C=O) groups excluding carboxylic acids is 1. The first kappa shape index (κ1) is 12.5. The SMILES string of the molecule is NC(=O)CC1CCN(c2ncncc2I)CC1. The molecule has 0 aliphatic carbocycles. The summed E-state index contributed by atoms with van der Waals surface area (Å²) in [5.74, 6) is 1.24. The molecule has 0 atom stereocenters. The Kier molecular flexibility index (Phi) is 4.14. The van der Waals surface area contributed by atoms with Crippen LogP contribution in [0.4, 0.5) is 5.82 Å². The van der Waals surface area contributed by atoms with Crippen molar-refractivity contribution >= 4 is 34.3 Å². The Morgan fingerprint density at radius 3 is 2.82 bits per heavy atom. The molecule has 1 saturated heterocycles. The zero-order valence-corrected chi connectivity index (χ0v) is 11.6. The van der Waals surface area contributed by atoms with Crippen molar-refractivity contribution in [1.82, 2.24) is 9.97 Å². The van der Waals surface area contributed by atoms with Crippen LogP contribution in [0.25, 0.3) is 0 Å². The molecule has 1 fully saturated rings. The number of carbonyl (C=O) groups is 1. The van der Waals surface area contributed by atoms with Crippen LogP contribution in [0.2, 0.25) is 0 Å². The van der Waals surface area contributed by atoms with Gasteiger partial charge in [-0.05, 0) is 41.4 Å². The van der Waals surface area contributed by atoms with Gasteiger partial charge in [-0.1, -0.05) is 0 Å². The van der Waals surface area contributed by atoms with Gasteiger partial charge in [-0.2, -0.15) is 0 Å². The summed E-state index contributed by atoms with van der Waals surface area (Å²) < 4.78 is 1.07. The first-order valence-electron chi connectivity index (χ1n) is 5.65. The molecule has 0 radical (unpaired) electrons. The van der Waals surface area contributed by atoms with Crippen molar-refractivity contribution in [3.8, 4) is 0 Å². The Morgan fingerprint density at radius 1 is 1.53 bits per heavy atom. The molecule has 1 amide bonds. The van der Waals surface area contributed by atoms with Gasteiger partial charge in [-0.25, -0.2) is 9.97 Å². The van der Waals surface area contributed by atoms with Crippen LogP contribution in [0.5, 0.6) is 0 Å². The molecule has 17 heavy (non-hydrogen) atoms. The van der Waals surface area contributed by atoms with Gasteiger partial charge >= 0.3 is 0 Å². The number of amides is 1. The van der Waals surface area contributed by atoms with Crippen LogP contribution in [0.1, 0.15) is 19.3 Å². The average molecular weight is 346 g/mol. The van der Waals surface area contributed by atoms with Gasteiger partial charge in [-0.3, -0.25) is 4.79 Å². The molecule has 0 unspecified atom stereocenters. The number of nitrogens with zero attached hydrogens (tertiary/aromatic N) is 3. The van der Waals surface area contributed by atoms with Crippen molar-refractivity contribution in [3.05, 3.63) is 16.1 Å². The Hall–Kier alpha value is -0.920. The lowest BCUT2D eigenvalue weighted by Crippen LogP contribution is -2.36. The van der Waals surface area contributed by atoms with Crippen LogP contribution in [-0.2, 0) is 4.79 Å². The standard InChI is InChI=1S/C11H15IN4O/c12-9-6-14-7-15-11(9)16-3-1-8(2-4-16)5-10(13)17/h6-8H,1-5H2,(H2,13,17). The molecule has 0 saturated carbocycles. The molecule has 5 nitrogen and oxygen atoms in total. The fourth-order valence-electron chi connectivity index (χ4n) is 2.17. The van der Waals surface area contributed by atoms with Gasteiger partial charge in [0.2, 0.25) is 5.91 Å². The number of piperidine rings is 1. The second kappa shape index (κ2) is 5.61. The first-order chi connectivity index (χ1) is 8.16. The van der Waals surface area contributed by atoms with Crippen LogP contribution in [0.15, 0.2) is 12.5 Å². The Bertz CT molecular complexity index is 404. The maximum atomic E-state index is 10.9. The van der Waals surface area contributed by atoms with E-state index in [-0.39, 0.29) is 5.91 Å². The lowest BCUT2D eigenvalue weighted by molar-refractivity contribution is -0.119. The van der Waals surface area contributed by atoms with Gasteiger partial charge in [0, 0.05) is 25.7 Å². The monoisotopic (exact) mass is 346 g/mol. The molecule has 0 bridgehead atoms. The van der Waals surface area contributed by atoms with Crippen molar-refractivity contribution in [2.24, 2.45) is 11.7 Å². The van der Waals surface area contributed by atoms with Crippen molar-refractivity contribution in [3.63, 3.8) is 0 Å². The molecule has 1 aromatic heterocycles. The van der Waals surface area contributed by atoms with E-state index in [1.165, 1.54) is 0 Å². The largest absolute Gasteiger partial charge is 0.370 e. The Labute approximate surface area is 114 Å². The van der Waals surface area contributed by atoms with Gasteiger partial charge in [0.05, 0.1) is 3.57 Å². The third-order valence-electron chi connectivity index (χ3n) is 3.05. The van der Waals surface area contributed by atoms with Crippen LogP contribution >= 0.6 is 22.6 Å². The van der Waals surface area contributed by atoms with Crippen molar-refractivity contribution in [1.29, 1.82) is 0 Å². The van der Waals surface area contributed by atoms with Crippen molar-refractivity contribution in [2.45, 2.75) is 19.3 Å². The maximum Gasteiger partial charge on any atom is 0.217 e. The van der Waals surface area contributed by atoms with Crippen LogP contribution in [0.3, 0.4) is 0 Å². The van der Waals surface area contributed by atoms with E-state index in [1.807, 2.05) is 6.20 Å². The maximum absolute atomic E-state index is 10.9. The summed E-state index contributed by atoms with van der Waals surface area (Å²) in [7, 11) is 0. The zero-order chi connectivity index (χ0) is 12.3. The zero-order valence-electron chi connectivity index (χ0n) is 9.47.